The number of rotatable bonds is 14. The van der Waals surface area contributed by atoms with Gasteiger partial charge in [-0.2, -0.15) is 0 Å². The maximum Gasteiger partial charge on any atom is 0.408 e. The van der Waals surface area contributed by atoms with E-state index in [1.807, 2.05) is 47.8 Å². The molecule has 0 radical (unpaired) electrons. The monoisotopic (exact) mass is 610 g/mol. The van der Waals surface area contributed by atoms with E-state index < -0.39 is 28.8 Å². The van der Waals surface area contributed by atoms with Gasteiger partial charge in [0.2, 0.25) is 5.91 Å². The molecule has 0 aliphatic carbocycles. The Morgan fingerprint density at radius 1 is 0.930 bits per heavy atom. The summed E-state index contributed by atoms with van der Waals surface area (Å²) in [6.07, 6.45) is 0.136. The third-order valence-corrected chi connectivity index (χ3v) is 7.01. The van der Waals surface area contributed by atoms with Crippen LogP contribution in [0.2, 0.25) is 0 Å². The van der Waals surface area contributed by atoms with Gasteiger partial charge in [0.15, 0.2) is 0 Å². The van der Waals surface area contributed by atoms with Crippen molar-refractivity contribution in [2.24, 2.45) is 0 Å². The Hall–Kier alpha value is -4.45. The number of unbranched alkanes of at least 4 members (excludes halogenated alkanes) is 1. The summed E-state index contributed by atoms with van der Waals surface area (Å²) in [7, 11) is 0. The first-order valence-corrected chi connectivity index (χ1v) is 14.9. The van der Waals surface area contributed by atoms with Crippen molar-refractivity contribution in [1.29, 1.82) is 0 Å². The average Bonchev–Trinajstić information content (AvgIpc) is 3.47. The topological polar surface area (TPSA) is 140 Å². The Balaban J connectivity index is 1.64. The van der Waals surface area contributed by atoms with E-state index in [9.17, 15) is 24.5 Å². The Labute approximate surface area is 255 Å². The summed E-state index contributed by atoms with van der Waals surface area (Å²) in [4.78, 5) is 51.8. The zero-order chi connectivity index (χ0) is 31.2. The maximum absolute atomic E-state index is 13.9. The van der Waals surface area contributed by atoms with Gasteiger partial charge >= 0.3 is 12.2 Å². The minimum absolute atomic E-state index is 0.0399. The minimum Gasteiger partial charge on any atom is -0.445 e. The zero-order valence-corrected chi connectivity index (χ0v) is 25.4. The van der Waals surface area contributed by atoms with Gasteiger partial charge in [-0.05, 0) is 62.6 Å². The van der Waals surface area contributed by atoms with E-state index in [4.69, 9.17) is 9.47 Å². The number of thiophene rings is 1. The number of amides is 3. The molecule has 0 saturated carbocycles. The largest absolute Gasteiger partial charge is 0.445 e. The van der Waals surface area contributed by atoms with Crippen LogP contribution in [0.15, 0.2) is 72.1 Å². The molecule has 0 spiro atoms. The number of nitro benzene ring substituents is 1. The number of nitrogens with one attached hydrogen (secondary N) is 2. The van der Waals surface area contributed by atoms with Crippen molar-refractivity contribution in [3.63, 3.8) is 0 Å². The molecule has 1 atom stereocenters. The van der Waals surface area contributed by atoms with Crippen LogP contribution in [0, 0.1) is 10.1 Å². The molecule has 0 aliphatic heterocycles. The lowest BCUT2D eigenvalue weighted by Gasteiger charge is -2.29. The Morgan fingerprint density at radius 2 is 1.65 bits per heavy atom. The second-order valence-electron chi connectivity index (χ2n) is 10.9. The van der Waals surface area contributed by atoms with Crippen molar-refractivity contribution < 1.29 is 28.8 Å². The second kappa shape index (κ2) is 16.3. The van der Waals surface area contributed by atoms with Gasteiger partial charge in [-0.15, -0.1) is 11.3 Å². The third-order valence-electron chi connectivity index (χ3n) is 6.15. The summed E-state index contributed by atoms with van der Waals surface area (Å²) in [6, 6.07) is 18.3. The number of alkyl carbamates (subject to hydrolysis) is 2. The molecule has 230 valence electrons. The average molecular weight is 611 g/mol. The van der Waals surface area contributed by atoms with Gasteiger partial charge in [-0.1, -0.05) is 48.5 Å². The lowest BCUT2D eigenvalue weighted by molar-refractivity contribution is -0.384. The summed E-state index contributed by atoms with van der Waals surface area (Å²) < 4.78 is 10.7. The fourth-order valence-electron chi connectivity index (χ4n) is 4.11. The predicted molar refractivity (Wildman–Crippen MR) is 163 cm³/mol. The highest BCUT2D eigenvalue weighted by atomic mass is 32.1. The van der Waals surface area contributed by atoms with Crippen molar-refractivity contribution in [1.82, 2.24) is 15.5 Å². The highest BCUT2D eigenvalue weighted by Gasteiger charge is 2.28. The SMILES string of the molecule is CC(C)(C)OC(=O)N[C@H](CCCCNC(=O)OCc1ccccc1)C(=O)N(Cc1ccc([N+](=O)[O-])cc1)Cc1cccs1. The first-order chi connectivity index (χ1) is 20.5. The molecule has 2 aromatic carbocycles. The molecule has 0 aliphatic rings. The van der Waals surface area contributed by atoms with Crippen LogP contribution in [-0.2, 0) is 34.0 Å². The molecular weight excluding hydrogens is 572 g/mol. The molecule has 11 nitrogen and oxygen atoms in total. The summed E-state index contributed by atoms with van der Waals surface area (Å²) >= 11 is 1.50. The Bertz CT molecular complexity index is 1330. The first kappa shape index (κ1) is 33.1. The number of carbonyl (C=O) groups excluding carboxylic acids is 3. The van der Waals surface area contributed by atoms with Gasteiger partial charge in [-0.25, -0.2) is 9.59 Å². The molecule has 0 saturated heterocycles. The number of carbonyl (C=O) groups is 3. The molecular formula is C31H38N4O7S. The Morgan fingerprint density at radius 3 is 2.28 bits per heavy atom. The van der Waals surface area contributed by atoms with Crippen LogP contribution >= 0.6 is 11.3 Å². The van der Waals surface area contributed by atoms with Gasteiger partial charge < -0.3 is 25.0 Å². The summed E-state index contributed by atoms with van der Waals surface area (Å²) in [5.74, 6) is -0.312. The third kappa shape index (κ3) is 12.1. The van der Waals surface area contributed by atoms with Gasteiger partial charge in [0, 0.05) is 30.1 Å². The van der Waals surface area contributed by atoms with Crippen LogP contribution in [0.5, 0.6) is 0 Å². The van der Waals surface area contributed by atoms with E-state index in [-0.39, 0.29) is 24.7 Å². The smallest absolute Gasteiger partial charge is 0.408 e. The first-order valence-electron chi connectivity index (χ1n) is 14.0. The number of hydrogen-bond donors (Lipinski definition) is 2. The van der Waals surface area contributed by atoms with Gasteiger partial charge in [0.1, 0.15) is 18.2 Å². The summed E-state index contributed by atoms with van der Waals surface area (Å²) in [6.45, 7) is 6.21. The normalized spacial score (nSPS) is 11.7. The van der Waals surface area contributed by atoms with Crippen LogP contribution in [0.25, 0.3) is 0 Å². The lowest BCUT2D eigenvalue weighted by atomic mass is 10.1. The lowest BCUT2D eigenvalue weighted by Crippen LogP contribution is -2.49. The number of nitro groups is 1. The molecule has 2 N–H and O–H groups in total. The predicted octanol–water partition coefficient (Wildman–Crippen LogP) is 6.18. The molecule has 3 rings (SSSR count). The molecule has 3 amide bonds. The van der Waals surface area contributed by atoms with Crippen molar-refractivity contribution in [2.75, 3.05) is 6.54 Å². The number of non-ortho nitro benzene ring substituents is 1. The van der Waals surface area contributed by atoms with Gasteiger partial charge in [-0.3, -0.25) is 14.9 Å². The van der Waals surface area contributed by atoms with E-state index in [1.165, 1.54) is 23.5 Å². The van der Waals surface area contributed by atoms with Crippen molar-refractivity contribution in [3.05, 3.63) is 98.2 Å². The molecule has 43 heavy (non-hydrogen) atoms. The highest BCUT2D eigenvalue weighted by Crippen LogP contribution is 2.19. The molecule has 1 heterocycles. The van der Waals surface area contributed by atoms with Crippen LogP contribution in [0.1, 0.15) is 56.0 Å². The number of nitrogens with zero attached hydrogens (tertiary/aromatic N) is 2. The van der Waals surface area contributed by atoms with Crippen LogP contribution < -0.4 is 10.6 Å². The fraction of sp³-hybridized carbons (Fsp3) is 0.387. The molecule has 0 bridgehead atoms. The number of hydrogen-bond acceptors (Lipinski definition) is 8. The minimum atomic E-state index is -0.891. The quantitative estimate of drug-likeness (QED) is 0.126. The molecule has 12 heteroatoms. The summed E-state index contributed by atoms with van der Waals surface area (Å²) in [5.41, 5.74) is 0.802. The zero-order valence-electron chi connectivity index (χ0n) is 24.6. The van der Waals surface area contributed by atoms with Crippen molar-refractivity contribution in [3.8, 4) is 0 Å². The van der Waals surface area contributed by atoms with Crippen LogP contribution in [0.4, 0.5) is 15.3 Å². The van der Waals surface area contributed by atoms with Gasteiger partial charge in [0.25, 0.3) is 5.69 Å². The van der Waals surface area contributed by atoms with Crippen LogP contribution in [0.3, 0.4) is 0 Å². The number of benzene rings is 2. The number of ether oxygens (including phenoxy) is 2. The van der Waals surface area contributed by atoms with E-state index in [1.54, 1.807) is 37.8 Å². The highest BCUT2D eigenvalue weighted by molar-refractivity contribution is 7.09. The van der Waals surface area contributed by atoms with Crippen molar-refractivity contribution in [2.45, 2.75) is 71.4 Å². The van der Waals surface area contributed by atoms with Crippen LogP contribution in [-0.4, -0.2) is 46.1 Å². The maximum atomic E-state index is 13.9. The molecule has 0 fully saturated rings. The Kier molecular flexibility index (Phi) is 12.5. The van der Waals surface area contributed by atoms with Crippen molar-refractivity contribution >= 4 is 35.1 Å². The van der Waals surface area contributed by atoms with E-state index >= 15 is 0 Å². The summed E-state index contributed by atoms with van der Waals surface area (Å²) in [5, 5.41) is 18.4. The second-order valence-corrected chi connectivity index (χ2v) is 11.9. The molecule has 1 aromatic heterocycles. The van der Waals surface area contributed by atoms with E-state index in [0.717, 1.165) is 10.4 Å². The standard InChI is InChI=1S/C31H38N4O7S/c1-31(2,3)42-30(38)33-27(13-7-8-18-32-29(37)41-22-24-10-5-4-6-11-24)28(36)34(21-26-12-9-19-43-26)20-23-14-16-25(17-15-23)35(39)40/h4-6,9-12,14-17,19,27H,7-8,13,18,20-22H2,1-3H3,(H,32,37)(H,33,38)/t27-/m1/s1. The van der Waals surface area contributed by atoms with E-state index in [0.29, 0.717) is 37.9 Å². The van der Waals surface area contributed by atoms with Gasteiger partial charge in [0.05, 0.1) is 11.5 Å². The molecule has 3 aromatic rings. The fourth-order valence-corrected chi connectivity index (χ4v) is 4.83. The van der Waals surface area contributed by atoms with E-state index in [2.05, 4.69) is 10.6 Å². The molecule has 0 unspecified atom stereocenters.